The molecule has 0 amide bonds. The van der Waals surface area contributed by atoms with Crippen LogP contribution in [0.2, 0.25) is 0 Å². The lowest BCUT2D eigenvalue weighted by atomic mass is 9.88. The van der Waals surface area contributed by atoms with Gasteiger partial charge >= 0.3 is 0 Å². The number of H-pyrrole nitrogens is 1. The highest BCUT2D eigenvalue weighted by Crippen LogP contribution is 2.31. The fraction of sp³-hybridized carbons (Fsp3) is 0.692. The lowest BCUT2D eigenvalue weighted by molar-refractivity contribution is 0.509. The summed E-state index contributed by atoms with van der Waals surface area (Å²) in [5.74, 6) is 0.749. The van der Waals surface area contributed by atoms with Gasteiger partial charge in [0, 0.05) is 11.2 Å². The zero-order chi connectivity index (χ0) is 19.3. The van der Waals surface area contributed by atoms with Gasteiger partial charge in [-0.15, -0.1) is 0 Å². The second-order valence-corrected chi connectivity index (χ2v) is 8.49. The normalized spacial score (nSPS) is 12.7. The Labute approximate surface area is 168 Å². The van der Waals surface area contributed by atoms with E-state index in [0.717, 1.165) is 5.92 Å². The van der Waals surface area contributed by atoms with Crippen LogP contribution in [-0.4, -0.2) is 4.98 Å². The molecule has 0 fully saturated rings. The second kappa shape index (κ2) is 13.0. The van der Waals surface area contributed by atoms with E-state index in [2.05, 4.69) is 50.0 Å². The fourth-order valence-corrected chi connectivity index (χ4v) is 4.26. The topological polar surface area (TPSA) is 15.8 Å². The lowest BCUT2D eigenvalue weighted by Gasteiger charge is -2.17. The molecule has 0 saturated carbocycles. The molecular formula is C26H43N. The van der Waals surface area contributed by atoms with E-state index < -0.39 is 0 Å². The summed E-state index contributed by atoms with van der Waals surface area (Å²) in [6.07, 6.45) is 18.8. The van der Waals surface area contributed by atoms with E-state index in [1.807, 2.05) is 0 Å². The maximum absolute atomic E-state index is 3.66. The average Bonchev–Trinajstić information content (AvgIpc) is 3.09. The third kappa shape index (κ3) is 7.72. The van der Waals surface area contributed by atoms with Crippen molar-refractivity contribution >= 4 is 10.9 Å². The van der Waals surface area contributed by atoms with E-state index in [1.54, 1.807) is 5.56 Å². The van der Waals surface area contributed by atoms with Gasteiger partial charge in [0.25, 0.3) is 0 Å². The molecule has 0 saturated heterocycles. The average molecular weight is 370 g/mol. The van der Waals surface area contributed by atoms with Gasteiger partial charge in [0.1, 0.15) is 0 Å². The minimum Gasteiger partial charge on any atom is -0.358 e. The smallest absolute Gasteiger partial charge is 0.0456 e. The van der Waals surface area contributed by atoms with Crippen molar-refractivity contribution in [1.29, 1.82) is 0 Å². The predicted molar refractivity (Wildman–Crippen MR) is 122 cm³/mol. The van der Waals surface area contributed by atoms with Crippen LogP contribution in [0.25, 0.3) is 10.9 Å². The van der Waals surface area contributed by atoms with Gasteiger partial charge < -0.3 is 4.98 Å². The number of aromatic amines is 1. The number of aromatic nitrogens is 1. The van der Waals surface area contributed by atoms with Crippen LogP contribution in [0.5, 0.6) is 0 Å². The Morgan fingerprint density at radius 1 is 0.704 bits per heavy atom. The Hall–Kier alpha value is -1.24. The summed E-state index contributed by atoms with van der Waals surface area (Å²) in [5, 5.41) is 1.42. The molecule has 0 aliphatic heterocycles. The molecule has 2 aromatic rings. The Morgan fingerprint density at radius 3 is 2.11 bits per heavy atom. The van der Waals surface area contributed by atoms with Gasteiger partial charge in [0.05, 0.1) is 0 Å². The van der Waals surface area contributed by atoms with Crippen molar-refractivity contribution < 1.29 is 0 Å². The first-order valence-corrected chi connectivity index (χ1v) is 11.9. The molecule has 0 radical (unpaired) electrons. The highest BCUT2D eigenvalue weighted by molar-refractivity contribution is 5.81. The molecule has 1 aromatic carbocycles. The zero-order valence-electron chi connectivity index (χ0n) is 18.3. The molecular weight excluding hydrogens is 326 g/mol. The number of unbranched alkanes of at least 4 members (excludes halogenated alkanes) is 8. The van der Waals surface area contributed by atoms with E-state index in [0.29, 0.717) is 0 Å². The summed E-state index contributed by atoms with van der Waals surface area (Å²) in [6.45, 7) is 6.90. The number of aryl methyl sites for hydroxylation is 1. The highest BCUT2D eigenvalue weighted by atomic mass is 14.7. The molecule has 27 heavy (non-hydrogen) atoms. The number of hydrogen-bond donors (Lipinski definition) is 1. The quantitative estimate of drug-likeness (QED) is 0.301. The van der Waals surface area contributed by atoms with E-state index in [4.69, 9.17) is 0 Å². The molecule has 1 atom stereocenters. The van der Waals surface area contributed by atoms with Gasteiger partial charge in [-0.25, -0.2) is 0 Å². The first-order valence-electron chi connectivity index (χ1n) is 11.9. The summed E-state index contributed by atoms with van der Waals surface area (Å²) in [4.78, 5) is 3.66. The standard InChI is InChI=1S/C26H43N/c1-4-7-10-12-14-17-25-21-24-20-23(18-19-26(24)27-25)22(15-9-6-3)16-13-11-8-5-2/h18-22,27H,4-17H2,1-3H3. The van der Waals surface area contributed by atoms with Crippen LogP contribution in [0.3, 0.4) is 0 Å². The van der Waals surface area contributed by atoms with Crippen molar-refractivity contribution in [3.63, 3.8) is 0 Å². The second-order valence-electron chi connectivity index (χ2n) is 8.49. The first-order chi connectivity index (χ1) is 13.3. The van der Waals surface area contributed by atoms with Crippen LogP contribution >= 0.6 is 0 Å². The molecule has 2 rings (SSSR count). The van der Waals surface area contributed by atoms with E-state index >= 15 is 0 Å². The summed E-state index contributed by atoms with van der Waals surface area (Å²) in [7, 11) is 0. The molecule has 1 N–H and O–H groups in total. The molecule has 0 aliphatic rings. The van der Waals surface area contributed by atoms with Gasteiger partial charge in [-0.1, -0.05) is 91.0 Å². The van der Waals surface area contributed by atoms with Crippen molar-refractivity contribution in [2.75, 3.05) is 0 Å². The van der Waals surface area contributed by atoms with Crippen LogP contribution in [0, 0.1) is 0 Å². The number of rotatable bonds is 15. The van der Waals surface area contributed by atoms with Crippen molar-refractivity contribution in [3.8, 4) is 0 Å². The largest absolute Gasteiger partial charge is 0.358 e. The van der Waals surface area contributed by atoms with E-state index in [-0.39, 0.29) is 0 Å². The molecule has 1 aromatic heterocycles. The van der Waals surface area contributed by atoms with Gasteiger partial charge in [-0.3, -0.25) is 0 Å². The third-order valence-corrected chi connectivity index (χ3v) is 6.03. The van der Waals surface area contributed by atoms with Gasteiger partial charge in [-0.05, 0) is 60.7 Å². The Balaban J connectivity index is 1.98. The minimum atomic E-state index is 0.749. The molecule has 152 valence electrons. The third-order valence-electron chi connectivity index (χ3n) is 6.03. The van der Waals surface area contributed by atoms with Gasteiger partial charge in [0.2, 0.25) is 0 Å². The molecule has 0 aliphatic carbocycles. The fourth-order valence-electron chi connectivity index (χ4n) is 4.26. The molecule has 1 nitrogen and oxygen atoms in total. The molecule has 1 heteroatoms. The van der Waals surface area contributed by atoms with Crippen molar-refractivity contribution in [1.82, 2.24) is 4.98 Å². The minimum absolute atomic E-state index is 0.749. The summed E-state index contributed by atoms with van der Waals surface area (Å²) in [6, 6.07) is 9.61. The number of nitrogens with one attached hydrogen (secondary N) is 1. The van der Waals surface area contributed by atoms with Crippen molar-refractivity contribution in [2.45, 2.75) is 117 Å². The Bertz CT molecular complexity index is 624. The van der Waals surface area contributed by atoms with Crippen molar-refractivity contribution in [2.24, 2.45) is 0 Å². The van der Waals surface area contributed by atoms with Crippen LogP contribution in [0.15, 0.2) is 24.3 Å². The van der Waals surface area contributed by atoms with Gasteiger partial charge in [-0.2, -0.15) is 0 Å². The summed E-state index contributed by atoms with van der Waals surface area (Å²) in [5.41, 5.74) is 4.31. The van der Waals surface area contributed by atoms with Gasteiger partial charge in [0.15, 0.2) is 0 Å². The molecule has 0 bridgehead atoms. The number of hydrogen-bond acceptors (Lipinski definition) is 0. The van der Waals surface area contributed by atoms with Crippen LogP contribution < -0.4 is 0 Å². The lowest BCUT2D eigenvalue weighted by Crippen LogP contribution is -1.99. The highest BCUT2D eigenvalue weighted by Gasteiger charge is 2.12. The first kappa shape index (κ1) is 22.1. The van der Waals surface area contributed by atoms with E-state index in [1.165, 1.54) is 106 Å². The summed E-state index contributed by atoms with van der Waals surface area (Å²) < 4.78 is 0. The van der Waals surface area contributed by atoms with Crippen LogP contribution in [0.4, 0.5) is 0 Å². The molecule has 1 heterocycles. The zero-order valence-corrected chi connectivity index (χ0v) is 18.3. The number of fused-ring (bicyclic) bond motifs is 1. The Kier molecular flexibility index (Phi) is 10.6. The SMILES string of the molecule is CCCCCCCc1cc2cc(C(CCCC)CCCCCC)ccc2[nH]1. The number of benzene rings is 1. The maximum atomic E-state index is 3.66. The monoisotopic (exact) mass is 369 g/mol. The Morgan fingerprint density at radius 2 is 1.37 bits per heavy atom. The van der Waals surface area contributed by atoms with Crippen molar-refractivity contribution in [3.05, 3.63) is 35.5 Å². The molecule has 1 unspecified atom stereocenters. The summed E-state index contributed by atoms with van der Waals surface area (Å²) >= 11 is 0. The van der Waals surface area contributed by atoms with E-state index in [9.17, 15) is 0 Å². The maximum Gasteiger partial charge on any atom is 0.0456 e. The van der Waals surface area contributed by atoms with Crippen LogP contribution in [-0.2, 0) is 6.42 Å². The van der Waals surface area contributed by atoms with Crippen LogP contribution in [0.1, 0.15) is 121 Å². The predicted octanol–water partition coefficient (Wildman–Crippen LogP) is 8.93. The molecule has 0 spiro atoms.